The Hall–Kier alpha value is -3.39. The summed E-state index contributed by atoms with van der Waals surface area (Å²) >= 11 is 1.98. The van der Waals surface area contributed by atoms with Crippen molar-refractivity contribution in [2.24, 2.45) is 14.1 Å². The first-order chi connectivity index (χ1) is 15.9. The van der Waals surface area contributed by atoms with Gasteiger partial charge in [0.1, 0.15) is 0 Å². The van der Waals surface area contributed by atoms with Crippen LogP contribution in [0.25, 0.3) is 22.2 Å². The van der Waals surface area contributed by atoms with E-state index in [1.807, 2.05) is 0 Å². The van der Waals surface area contributed by atoms with E-state index < -0.39 is 46.1 Å². The number of thiophene rings is 1. The molecule has 0 spiro atoms. The number of carbonyl (C=O) groups is 1. The lowest BCUT2D eigenvalue weighted by Gasteiger charge is -2.10. The van der Waals surface area contributed by atoms with Gasteiger partial charge in [0, 0.05) is 35.3 Å². The number of nitrogens with one attached hydrogen (secondary N) is 1. The minimum absolute atomic E-state index is 0.000806. The molecule has 0 bridgehead atoms. The fourth-order valence-electron chi connectivity index (χ4n) is 3.31. The molecule has 3 aromatic heterocycles. The summed E-state index contributed by atoms with van der Waals surface area (Å²) in [5.41, 5.74) is -3.04. The number of benzene rings is 1. The van der Waals surface area contributed by atoms with Gasteiger partial charge >= 0.3 is 11.9 Å². The summed E-state index contributed by atoms with van der Waals surface area (Å²) in [6.45, 7) is 0. The van der Waals surface area contributed by atoms with Crippen molar-refractivity contribution in [3.8, 4) is 11.3 Å². The first-order valence-electron chi connectivity index (χ1n) is 9.37. The van der Waals surface area contributed by atoms with Crippen molar-refractivity contribution in [1.82, 2.24) is 14.1 Å². The molecular formula is C20H13F5N4O3S2. The molecule has 34 heavy (non-hydrogen) atoms. The molecule has 14 heteroatoms. The van der Waals surface area contributed by atoms with Gasteiger partial charge in [0.25, 0.3) is 5.56 Å². The molecule has 4 rings (SSSR count). The summed E-state index contributed by atoms with van der Waals surface area (Å²) < 4.78 is 68.6. The first kappa shape index (κ1) is 23.8. The average Bonchev–Trinajstić information content (AvgIpc) is 3.39. The monoisotopic (exact) mass is 516 g/mol. The zero-order valence-corrected chi connectivity index (χ0v) is 18.9. The first-order valence-corrected chi connectivity index (χ1v) is 11.1. The van der Waals surface area contributed by atoms with Crippen molar-refractivity contribution in [2.75, 3.05) is 5.32 Å². The summed E-state index contributed by atoms with van der Waals surface area (Å²) in [7, 11) is 2.83. The zero-order valence-electron chi connectivity index (χ0n) is 17.3. The van der Waals surface area contributed by atoms with E-state index in [0.717, 1.165) is 33.3 Å². The van der Waals surface area contributed by atoms with Crippen molar-refractivity contribution in [3.63, 3.8) is 0 Å². The maximum absolute atomic E-state index is 14.2. The normalized spacial score (nSPS) is 11.9. The molecule has 0 aliphatic rings. The molecule has 0 atom stereocenters. The molecule has 1 aromatic carbocycles. The SMILES string of the molecule is Cn1c(=O)c2c(CC(=O)Nc3nc(-c4ccc(C(F)(F)F)c(F)c4F)cs3)scc2n(C)c1=O. The highest BCUT2D eigenvalue weighted by Crippen LogP contribution is 2.36. The number of hydrogen-bond acceptors (Lipinski definition) is 6. The van der Waals surface area contributed by atoms with Crippen LogP contribution < -0.4 is 16.6 Å². The third-order valence-electron chi connectivity index (χ3n) is 5.04. The van der Waals surface area contributed by atoms with Gasteiger partial charge in [-0.25, -0.2) is 18.6 Å². The molecular weight excluding hydrogens is 503 g/mol. The molecule has 0 unspecified atom stereocenters. The molecule has 0 radical (unpaired) electrons. The zero-order chi connectivity index (χ0) is 24.9. The Morgan fingerprint density at radius 1 is 1.06 bits per heavy atom. The molecule has 0 fully saturated rings. The Morgan fingerprint density at radius 2 is 1.76 bits per heavy atom. The third-order valence-corrected chi connectivity index (χ3v) is 6.77. The quantitative estimate of drug-likeness (QED) is 0.417. The van der Waals surface area contributed by atoms with Crippen LogP contribution in [0, 0.1) is 11.6 Å². The van der Waals surface area contributed by atoms with E-state index in [1.54, 1.807) is 5.38 Å². The summed E-state index contributed by atoms with van der Waals surface area (Å²) in [5, 5.41) is 5.54. The Bertz CT molecular complexity index is 1570. The van der Waals surface area contributed by atoms with Crippen LogP contribution in [0.15, 0.2) is 32.5 Å². The molecule has 1 amide bonds. The van der Waals surface area contributed by atoms with Crippen LogP contribution in [0.3, 0.4) is 0 Å². The van der Waals surface area contributed by atoms with Gasteiger partial charge in [-0.3, -0.25) is 18.7 Å². The van der Waals surface area contributed by atoms with Crippen LogP contribution in [0.1, 0.15) is 10.4 Å². The smallest absolute Gasteiger partial charge is 0.302 e. The van der Waals surface area contributed by atoms with Gasteiger partial charge in [-0.2, -0.15) is 13.2 Å². The minimum Gasteiger partial charge on any atom is -0.302 e. The third kappa shape index (κ3) is 4.03. The maximum Gasteiger partial charge on any atom is 0.419 e. The summed E-state index contributed by atoms with van der Waals surface area (Å²) in [6, 6.07) is 1.18. The molecule has 0 aliphatic heterocycles. The van der Waals surface area contributed by atoms with E-state index in [2.05, 4.69) is 10.3 Å². The van der Waals surface area contributed by atoms with Gasteiger partial charge < -0.3 is 5.32 Å². The van der Waals surface area contributed by atoms with Crippen molar-refractivity contribution < 1.29 is 26.7 Å². The molecule has 4 aromatic rings. The van der Waals surface area contributed by atoms with Gasteiger partial charge in [0.15, 0.2) is 16.8 Å². The summed E-state index contributed by atoms with van der Waals surface area (Å²) in [4.78, 5) is 41.4. The van der Waals surface area contributed by atoms with Crippen LogP contribution in [-0.2, 0) is 31.5 Å². The number of fused-ring (bicyclic) bond motifs is 1. The number of aryl methyl sites for hydroxylation is 1. The van der Waals surface area contributed by atoms with Gasteiger partial charge in [0.05, 0.1) is 28.6 Å². The van der Waals surface area contributed by atoms with Crippen LogP contribution in [0.5, 0.6) is 0 Å². The topological polar surface area (TPSA) is 86.0 Å². The number of halogens is 5. The van der Waals surface area contributed by atoms with E-state index >= 15 is 0 Å². The van der Waals surface area contributed by atoms with Crippen molar-refractivity contribution in [2.45, 2.75) is 12.6 Å². The number of amides is 1. The Kier molecular flexibility index (Phi) is 5.89. The largest absolute Gasteiger partial charge is 0.419 e. The van der Waals surface area contributed by atoms with E-state index in [-0.39, 0.29) is 22.6 Å². The van der Waals surface area contributed by atoms with Crippen molar-refractivity contribution >= 4 is 44.6 Å². The molecule has 0 aliphatic carbocycles. The molecule has 178 valence electrons. The fraction of sp³-hybridized carbons (Fsp3) is 0.200. The highest BCUT2D eigenvalue weighted by Gasteiger charge is 2.36. The van der Waals surface area contributed by atoms with Gasteiger partial charge in [-0.15, -0.1) is 22.7 Å². The molecule has 3 heterocycles. The van der Waals surface area contributed by atoms with Gasteiger partial charge in [0.2, 0.25) is 5.91 Å². The number of aromatic nitrogens is 3. The van der Waals surface area contributed by atoms with Crippen LogP contribution in [0.2, 0.25) is 0 Å². The second-order valence-electron chi connectivity index (χ2n) is 7.17. The lowest BCUT2D eigenvalue weighted by molar-refractivity contribution is -0.140. The van der Waals surface area contributed by atoms with Gasteiger partial charge in [-0.1, -0.05) is 0 Å². The number of hydrogen-bond donors (Lipinski definition) is 1. The average molecular weight is 516 g/mol. The van der Waals surface area contributed by atoms with E-state index in [4.69, 9.17) is 0 Å². The molecule has 7 nitrogen and oxygen atoms in total. The predicted octanol–water partition coefficient (Wildman–Crippen LogP) is 3.90. The molecule has 0 saturated carbocycles. The highest BCUT2D eigenvalue weighted by molar-refractivity contribution is 7.14. The Labute approximate surface area is 194 Å². The summed E-state index contributed by atoms with van der Waals surface area (Å²) in [6.07, 6.45) is -5.27. The number of carbonyl (C=O) groups excluding carboxylic acids is 1. The lowest BCUT2D eigenvalue weighted by Crippen LogP contribution is -2.36. The van der Waals surface area contributed by atoms with Crippen LogP contribution in [0.4, 0.5) is 27.1 Å². The van der Waals surface area contributed by atoms with E-state index in [9.17, 15) is 36.3 Å². The van der Waals surface area contributed by atoms with Gasteiger partial charge in [-0.05, 0) is 12.1 Å². The fourth-order valence-corrected chi connectivity index (χ4v) is 5.09. The molecule has 0 saturated heterocycles. The second kappa shape index (κ2) is 8.43. The lowest BCUT2D eigenvalue weighted by atomic mass is 10.1. The van der Waals surface area contributed by atoms with E-state index in [1.165, 1.54) is 24.0 Å². The minimum atomic E-state index is -5.05. The standard InChI is InChI=1S/C20H13F5N4O3S2/c1-28-11-7-33-12(14(11)17(31)29(2)19(28)32)5-13(30)27-18-26-10(6-34-18)8-3-4-9(20(23,24)25)16(22)15(8)21/h3-4,6-7H,5H2,1-2H3,(H,26,27,30). The molecule has 1 N–H and O–H groups in total. The summed E-state index contributed by atoms with van der Waals surface area (Å²) in [5.74, 6) is -4.31. The number of nitrogens with zero attached hydrogens (tertiary/aromatic N) is 3. The van der Waals surface area contributed by atoms with E-state index in [0.29, 0.717) is 16.5 Å². The highest BCUT2D eigenvalue weighted by atomic mass is 32.1. The van der Waals surface area contributed by atoms with Crippen LogP contribution in [-0.4, -0.2) is 20.0 Å². The number of anilines is 1. The number of rotatable bonds is 4. The second-order valence-corrected chi connectivity index (χ2v) is 9.00. The number of alkyl halides is 3. The van der Waals surface area contributed by atoms with Crippen molar-refractivity contribution in [3.05, 3.63) is 65.8 Å². The predicted molar refractivity (Wildman–Crippen MR) is 117 cm³/mol. The Morgan fingerprint density at radius 3 is 2.44 bits per heavy atom. The van der Waals surface area contributed by atoms with Crippen molar-refractivity contribution in [1.29, 1.82) is 0 Å². The van der Waals surface area contributed by atoms with Crippen LogP contribution >= 0.6 is 22.7 Å². The maximum atomic E-state index is 14.2. The Balaban J connectivity index is 1.57. The number of thiazole rings is 1.